The van der Waals surface area contributed by atoms with Gasteiger partial charge in [0.2, 0.25) is 0 Å². The Morgan fingerprint density at radius 3 is 2.38 bits per heavy atom. The van der Waals surface area contributed by atoms with E-state index in [9.17, 15) is 19.7 Å². The number of benzene rings is 2. The highest BCUT2D eigenvalue weighted by Gasteiger charge is 2.25. The van der Waals surface area contributed by atoms with E-state index >= 15 is 0 Å². The quantitative estimate of drug-likeness (QED) is 0.394. The molecule has 0 aromatic heterocycles. The Balaban J connectivity index is 2.41. The molecule has 1 atom stereocenters. The Morgan fingerprint density at radius 2 is 1.79 bits per heavy atom. The molecular formula is C19H19ClN2O7. The number of nitrogens with one attached hydrogen (secondary N) is 1. The third-order valence-electron chi connectivity index (χ3n) is 4.11. The number of carbonyl (C=O) groups is 2. The van der Waals surface area contributed by atoms with E-state index in [0.717, 1.165) is 6.07 Å². The summed E-state index contributed by atoms with van der Waals surface area (Å²) in [5.74, 6) is -0.452. The molecule has 0 radical (unpaired) electrons. The zero-order chi connectivity index (χ0) is 21.6. The van der Waals surface area contributed by atoms with Gasteiger partial charge in [0, 0.05) is 11.1 Å². The number of nitrogens with zero attached hydrogens (tertiary/aromatic N) is 1. The van der Waals surface area contributed by atoms with Crippen LogP contribution >= 0.6 is 11.6 Å². The molecule has 10 heteroatoms. The van der Waals surface area contributed by atoms with Crippen LogP contribution in [0, 0.1) is 10.1 Å². The van der Waals surface area contributed by atoms with Gasteiger partial charge in [0.1, 0.15) is 5.56 Å². The van der Waals surface area contributed by atoms with Crippen LogP contribution in [0.15, 0.2) is 36.4 Å². The van der Waals surface area contributed by atoms with Crippen molar-refractivity contribution in [2.24, 2.45) is 0 Å². The molecule has 29 heavy (non-hydrogen) atoms. The summed E-state index contributed by atoms with van der Waals surface area (Å²) < 4.78 is 15.1. The number of nitro groups is 1. The summed E-state index contributed by atoms with van der Waals surface area (Å²) in [5, 5.41) is 14.0. The van der Waals surface area contributed by atoms with Gasteiger partial charge in [0.25, 0.3) is 11.6 Å². The van der Waals surface area contributed by atoms with Crippen LogP contribution in [-0.4, -0.2) is 38.1 Å². The van der Waals surface area contributed by atoms with Crippen molar-refractivity contribution in [3.05, 3.63) is 62.7 Å². The molecule has 0 aliphatic rings. The summed E-state index contributed by atoms with van der Waals surface area (Å²) in [7, 11) is 4.15. The maximum Gasteiger partial charge on any atom is 0.307 e. The monoisotopic (exact) mass is 422 g/mol. The molecule has 0 heterocycles. The molecule has 0 aliphatic carbocycles. The predicted molar refractivity (Wildman–Crippen MR) is 104 cm³/mol. The molecule has 0 saturated heterocycles. The number of carbonyl (C=O) groups excluding carboxylic acids is 2. The largest absolute Gasteiger partial charge is 0.493 e. The Morgan fingerprint density at radius 1 is 1.10 bits per heavy atom. The molecule has 0 saturated carbocycles. The Bertz CT molecular complexity index is 933. The van der Waals surface area contributed by atoms with Gasteiger partial charge in [-0.3, -0.25) is 19.7 Å². The third kappa shape index (κ3) is 5.35. The Hall–Kier alpha value is -3.33. The maximum atomic E-state index is 12.7. The number of rotatable bonds is 8. The smallest absolute Gasteiger partial charge is 0.307 e. The third-order valence-corrected chi connectivity index (χ3v) is 4.35. The predicted octanol–water partition coefficient (Wildman–Crippen LogP) is 3.30. The lowest BCUT2D eigenvalue weighted by Crippen LogP contribution is -2.31. The Kier molecular flexibility index (Phi) is 7.38. The fraction of sp³-hybridized carbons (Fsp3) is 0.263. The standard InChI is InChI=1S/C19H19ClN2O7/c1-27-16-7-4-11(8-17(16)28-2)14(10-18(23)29-3)21-19(24)13-6-5-12(20)9-15(13)22(25)26/h4-9,14H,10H2,1-3H3,(H,21,24). The molecule has 1 amide bonds. The van der Waals surface area contributed by atoms with Gasteiger partial charge < -0.3 is 19.5 Å². The van der Waals surface area contributed by atoms with Crippen LogP contribution in [0.3, 0.4) is 0 Å². The van der Waals surface area contributed by atoms with E-state index in [1.54, 1.807) is 18.2 Å². The molecule has 0 bridgehead atoms. The van der Waals surface area contributed by atoms with E-state index in [-0.39, 0.29) is 17.0 Å². The van der Waals surface area contributed by atoms with E-state index < -0.39 is 28.5 Å². The fourth-order valence-corrected chi connectivity index (χ4v) is 2.82. The summed E-state index contributed by atoms with van der Waals surface area (Å²) in [6, 6.07) is 7.74. The van der Waals surface area contributed by atoms with E-state index in [2.05, 4.69) is 5.32 Å². The second kappa shape index (κ2) is 9.74. The van der Waals surface area contributed by atoms with Crippen LogP contribution in [0.2, 0.25) is 5.02 Å². The SMILES string of the molecule is COC(=O)CC(NC(=O)c1ccc(Cl)cc1[N+](=O)[O-])c1ccc(OC)c(OC)c1. The average Bonchev–Trinajstić information content (AvgIpc) is 2.72. The van der Waals surface area contributed by atoms with Crippen LogP contribution in [0.1, 0.15) is 28.4 Å². The van der Waals surface area contributed by atoms with Crippen molar-refractivity contribution in [1.29, 1.82) is 0 Å². The van der Waals surface area contributed by atoms with Crippen molar-refractivity contribution in [3.63, 3.8) is 0 Å². The number of halogens is 1. The molecule has 0 fully saturated rings. The molecule has 1 N–H and O–H groups in total. The van der Waals surface area contributed by atoms with Gasteiger partial charge in [-0.05, 0) is 29.8 Å². The number of nitro benzene ring substituents is 1. The zero-order valence-electron chi connectivity index (χ0n) is 15.9. The molecule has 1 unspecified atom stereocenters. The summed E-state index contributed by atoms with van der Waals surface area (Å²) in [4.78, 5) is 35.2. The lowest BCUT2D eigenvalue weighted by molar-refractivity contribution is -0.385. The molecule has 154 valence electrons. The van der Waals surface area contributed by atoms with Crippen molar-refractivity contribution >= 4 is 29.2 Å². The highest BCUT2D eigenvalue weighted by molar-refractivity contribution is 6.31. The lowest BCUT2D eigenvalue weighted by atomic mass is 10.0. The van der Waals surface area contributed by atoms with Crippen molar-refractivity contribution in [2.75, 3.05) is 21.3 Å². The molecule has 2 aromatic rings. The fourth-order valence-electron chi connectivity index (χ4n) is 2.66. The number of esters is 1. The van der Waals surface area contributed by atoms with Gasteiger partial charge in [0.15, 0.2) is 11.5 Å². The number of ether oxygens (including phenoxy) is 3. The summed E-state index contributed by atoms with van der Waals surface area (Å²) in [6.07, 6.45) is -0.195. The molecule has 0 spiro atoms. The zero-order valence-corrected chi connectivity index (χ0v) is 16.7. The second-order valence-electron chi connectivity index (χ2n) is 5.84. The van der Waals surface area contributed by atoms with Crippen molar-refractivity contribution in [2.45, 2.75) is 12.5 Å². The molecule has 0 aliphatic heterocycles. The van der Waals surface area contributed by atoms with Crippen LogP contribution in [0.25, 0.3) is 0 Å². The molecule has 2 aromatic carbocycles. The average molecular weight is 423 g/mol. The van der Waals surface area contributed by atoms with Gasteiger partial charge in [-0.1, -0.05) is 17.7 Å². The van der Waals surface area contributed by atoms with Crippen LogP contribution in [-0.2, 0) is 9.53 Å². The molecule has 9 nitrogen and oxygen atoms in total. The first-order valence-corrected chi connectivity index (χ1v) is 8.72. The molecule has 2 rings (SSSR count). The van der Waals surface area contributed by atoms with Gasteiger partial charge in [-0.25, -0.2) is 0 Å². The molecular weight excluding hydrogens is 404 g/mol. The number of hydrogen-bond acceptors (Lipinski definition) is 7. The van der Waals surface area contributed by atoms with E-state index in [1.807, 2.05) is 0 Å². The number of hydrogen-bond donors (Lipinski definition) is 1. The minimum atomic E-state index is -0.829. The topological polar surface area (TPSA) is 117 Å². The first-order chi connectivity index (χ1) is 13.8. The second-order valence-corrected chi connectivity index (χ2v) is 6.28. The number of methoxy groups -OCH3 is 3. The highest BCUT2D eigenvalue weighted by atomic mass is 35.5. The normalized spacial score (nSPS) is 11.3. The lowest BCUT2D eigenvalue weighted by Gasteiger charge is -2.20. The minimum Gasteiger partial charge on any atom is -0.493 e. The van der Waals surface area contributed by atoms with Crippen molar-refractivity contribution < 1.29 is 28.7 Å². The minimum absolute atomic E-state index is 0.124. The van der Waals surface area contributed by atoms with Gasteiger partial charge >= 0.3 is 5.97 Å². The van der Waals surface area contributed by atoms with Crippen molar-refractivity contribution in [1.82, 2.24) is 5.32 Å². The Labute approximate surface area is 171 Å². The van der Waals surface area contributed by atoms with Crippen LogP contribution in [0.4, 0.5) is 5.69 Å². The van der Waals surface area contributed by atoms with Crippen molar-refractivity contribution in [3.8, 4) is 11.5 Å². The summed E-state index contributed by atoms with van der Waals surface area (Å²) >= 11 is 5.79. The summed E-state index contributed by atoms with van der Waals surface area (Å²) in [5.41, 5.74) is -0.105. The summed E-state index contributed by atoms with van der Waals surface area (Å²) in [6.45, 7) is 0. The van der Waals surface area contributed by atoms with E-state index in [1.165, 1.54) is 33.5 Å². The van der Waals surface area contributed by atoms with Crippen LogP contribution < -0.4 is 14.8 Å². The van der Waals surface area contributed by atoms with Gasteiger partial charge in [-0.15, -0.1) is 0 Å². The van der Waals surface area contributed by atoms with E-state index in [0.29, 0.717) is 17.1 Å². The highest BCUT2D eigenvalue weighted by Crippen LogP contribution is 2.32. The first kappa shape index (κ1) is 22.0. The van der Waals surface area contributed by atoms with Gasteiger partial charge in [0.05, 0.1) is 38.7 Å². The first-order valence-electron chi connectivity index (χ1n) is 8.34. The van der Waals surface area contributed by atoms with Crippen LogP contribution in [0.5, 0.6) is 11.5 Å². The van der Waals surface area contributed by atoms with Gasteiger partial charge in [-0.2, -0.15) is 0 Å². The number of amides is 1. The van der Waals surface area contributed by atoms with E-state index in [4.69, 9.17) is 25.8 Å². The maximum absolute atomic E-state index is 12.7.